The third-order valence-electron chi connectivity index (χ3n) is 3.37. The highest BCUT2D eigenvalue weighted by Gasteiger charge is 2.09. The minimum Gasteiger partial charge on any atom is -0.309 e. The summed E-state index contributed by atoms with van der Waals surface area (Å²) in [6, 6.07) is 12.9. The van der Waals surface area contributed by atoms with Crippen LogP contribution >= 0.6 is 11.8 Å². The number of hydrogen-bond donors (Lipinski definition) is 2. The van der Waals surface area contributed by atoms with Gasteiger partial charge in [0.05, 0.1) is 16.7 Å². The maximum absolute atomic E-state index is 12.0. The van der Waals surface area contributed by atoms with Gasteiger partial charge in [0, 0.05) is 6.20 Å². The van der Waals surface area contributed by atoms with E-state index in [1.54, 1.807) is 12.3 Å². The number of para-hydroxylation sites is 1. The van der Waals surface area contributed by atoms with Crippen LogP contribution in [0.1, 0.15) is 5.82 Å². The molecule has 0 spiro atoms. The molecule has 8 heteroatoms. The number of fused-ring (bicyclic) bond motifs is 1. The number of thioether (sulfide) groups is 1. The van der Waals surface area contributed by atoms with Crippen LogP contribution in [-0.4, -0.2) is 30.1 Å². The van der Waals surface area contributed by atoms with Crippen LogP contribution in [0.5, 0.6) is 0 Å². The van der Waals surface area contributed by atoms with Crippen molar-refractivity contribution in [3.05, 3.63) is 64.8 Å². The highest BCUT2D eigenvalue weighted by Crippen LogP contribution is 2.20. The summed E-state index contributed by atoms with van der Waals surface area (Å²) in [5, 5.41) is 8.18. The van der Waals surface area contributed by atoms with E-state index >= 15 is 0 Å². The number of aromatic nitrogens is 6. The molecular weight excluding hydrogens is 324 g/mol. The first-order valence-corrected chi connectivity index (χ1v) is 8.23. The lowest BCUT2D eigenvalue weighted by molar-refractivity contribution is 0.965. The van der Waals surface area contributed by atoms with Gasteiger partial charge in [0.1, 0.15) is 11.5 Å². The minimum atomic E-state index is -0.139. The lowest BCUT2D eigenvalue weighted by Crippen LogP contribution is -2.11. The van der Waals surface area contributed by atoms with Gasteiger partial charge in [-0.2, -0.15) is 4.98 Å². The van der Waals surface area contributed by atoms with E-state index in [0.717, 1.165) is 5.69 Å². The zero-order valence-electron chi connectivity index (χ0n) is 12.4. The number of pyridine rings is 1. The molecule has 0 radical (unpaired) electrons. The molecular formula is C16H12N6OS. The summed E-state index contributed by atoms with van der Waals surface area (Å²) in [6.45, 7) is 0. The number of H-pyrrole nitrogens is 2. The van der Waals surface area contributed by atoms with Crippen LogP contribution in [0.3, 0.4) is 0 Å². The van der Waals surface area contributed by atoms with Crippen molar-refractivity contribution in [1.29, 1.82) is 0 Å². The van der Waals surface area contributed by atoms with E-state index in [2.05, 4.69) is 30.1 Å². The monoisotopic (exact) mass is 336 g/mol. The molecule has 4 aromatic rings. The third-order valence-corrected chi connectivity index (χ3v) is 4.23. The van der Waals surface area contributed by atoms with Gasteiger partial charge in [0.25, 0.3) is 5.56 Å². The van der Waals surface area contributed by atoms with Gasteiger partial charge in [0.15, 0.2) is 5.82 Å². The van der Waals surface area contributed by atoms with E-state index < -0.39 is 0 Å². The number of aromatic amines is 2. The summed E-state index contributed by atoms with van der Waals surface area (Å²) in [7, 11) is 0. The highest BCUT2D eigenvalue weighted by molar-refractivity contribution is 7.98. The topological polar surface area (TPSA) is 100 Å². The summed E-state index contributed by atoms with van der Waals surface area (Å²) in [5.74, 6) is 1.67. The van der Waals surface area contributed by atoms with E-state index in [4.69, 9.17) is 0 Å². The predicted octanol–water partition coefficient (Wildman–Crippen LogP) is 2.40. The molecule has 4 rings (SSSR count). The Hall–Kier alpha value is -3.00. The summed E-state index contributed by atoms with van der Waals surface area (Å²) in [6.07, 6.45) is 1.70. The normalized spacial score (nSPS) is 11.0. The quantitative estimate of drug-likeness (QED) is 0.555. The molecule has 24 heavy (non-hydrogen) atoms. The maximum atomic E-state index is 12.0. The summed E-state index contributed by atoms with van der Waals surface area (Å²) >= 11 is 1.39. The van der Waals surface area contributed by atoms with Crippen molar-refractivity contribution in [2.75, 3.05) is 0 Å². The SMILES string of the molecule is O=c1[nH]c(CSc2n[nH]c(-c3ccccn3)n2)nc2ccccc12. The maximum Gasteiger partial charge on any atom is 0.258 e. The smallest absolute Gasteiger partial charge is 0.258 e. The van der Waals surface area contributed by atoms with Crippen LogP contribution < -0.4 is 5.56 Å². The van der Waals surface area contributed by atoms with Crippen molar-refractivity contribution in [2.24, 2.45) is 0 Å². The predicted molar refractivity (Wildman–Crippen MR) is 91.5 cm³/mol. The molecule has 118 valence electrons. The van der Waals surface area contributed by atoms with E-state index in [0.29, 0.717) is 33.5 Å². The van der Waals surface area contributed by atoms with E-state index in [1.165, 1.54) is 11.8 Å². The molecule has 0 aliphatic heterocycles. The first kappa shape index (κ1) is 14.6. The van der Waals surface area contributed by atoms with Crippen molar-refractivity contribution >= 4 is 22.7 Å². The summed E-state index contributed by atoms with van der Waals surface area (Å²) in [4.78, 5) is 27.9. The van der Waals surface area contributed by atoms with Crippen LogP contribution in [-0.2, 0) is 5.75 Å². The molecule has 0 unspecified atom stereocenters. The average molecular weight is 336 g/mol. The lowest BCUT2D eigenvalue weighted by Gasteiger charge is -2.01. The Bertz CT molecular complexity index is 1040. The van der Waals surface area contributed by atoms with Crippen molar-refractivity contribution in [2.45, 2.75) is 10.9 Å². The number of nitrogens with one attached hydrogen (secondary N) is 2. The standard InChI is InChI=1S/C16H12N6OS/c23-15-10-5-1-2-6-11(10)18-13(19-15)9-24-16-20-14(21-22-16)12-7-3-4-8-17-12/h1-8H,9H2,(H,18,19,23)(H,20,21,22). The minimum absolute atomic E-state index is 0.139. The fourth-order valence-corrected chi connectivity index (χ4v) is 2.93. The van der Waals surface area contributed by atoms with Gasteiger partial charge in [-0.15, -0.1) is 5.10 Å². The second-order valence-corrected chi connectivity index (χ2v) is 5.94. The Labute approximate surface area is 140 Å². The van der Waals surface area contributed by atoms with Gasteiger partial charge in [-0.3, -0.25) is 14.9 Å². The van der Waals surface area contributed by atoms with Gasteiger partial charge in [-0.1, -0.05) is 30.0 Å². The second kappa shape index (κ2) is 6.25. The van der Waals surface area contributed by atoms with Crippen LogP contribution in [0.15, 0.2) is 58.6 Å². The summed E-state index contributed by atoms with van der Waals surface area (Å²) in [5.41, 5.74) is 1.27. The molecule has 0 bridgehead atoms. The fraction of sp³-hybridized carbons (Fsp3) is 0.0625. The van der Waals surface area contributed by atoms with Gasteiger partial charge >= 0.3 is 0 Å². The van der Waals surface area contributed by atoms with Gasteiger partial charge in [-0.25, -0.2) is 4.98 Å². The fourth-order valence-electron chi connectivity index (χ4n) is 2.26. The molecule has 3 aromatic heterocycles. The first-order chi connectivity index (χ1) is 11.8. The molecule has 3 heterocycles. The molecule has 7 nitrogen and oxygen atoms in total. The molecule has 1 aromatic carbocycles. The number of nitrogens with zero attached hydrogens (tertiary/aromatic N) is 4. The zero-order valence-corrected chi connectivity index (χ0v) is 13.2. The molecule has 0 saturated carbocycles. The Kier molecular flexibility index (Phi) is 3.80. The summed E-state index contributed by atoms with van der Waals surface area (Å²) < 4.78 is 0. The second-order valence-electron chi connectivity index (χ2n) is 5.00. The van der Waals surface area contributed by atoms with Crippen molar-refractivity contribution in [1.82, 2.24) is 30.1 Å². The van der Waals surface area contributed by atoms with Crippen LogP contribution in [0.4, 0.5) is 0 Å². The molecule has 2 N–H and O–H groups in total. The van der Waals surface area contributed by atoms with E-state index in [1.807, 2.05) is 36.4 Å². The molecule has 0 fully saturated rings. The Morgan fingerprint density at radius 3 is 2.79 bits per heavy atom. The zero-order chi connectivity index (χ0) is 16.4. The third kappa shape index (κ3) is 2.91. The van der Waals surface area contributed by atoms with Gasteiger partial charge in [-0.05, 0) is 24.3 Å². The molecule has 0 saturated heterocycles. The Morgan fingerprint density at radius 2 is 1.92 bits per heavy atom. The average Bonchev–Trinajstić information content (AvgIpc) is 3.10. The molecule has 0 amide bonds. The van der Waals surface area contributed by atoms with Crippen molar-refractivity contribution < 1.29 is 0 Å². The van der Waals surface area contributed by atoms with Gasteiger partial charge < -0.3 is 4.98 Å². The van der Waals surface area contributed by atoms with E-state index in [9.17, 15) is 4.79 Å². The Morgan fingerprint density at radius 1 is 1.04 bits per heavy atom. The highest BCUT2D eigenvalue weighted by atomic mass is 32.2. The van der Waals surface area contributed by atoms with Crippen LogP contribution in [0.2, 0.25) is 0 Å². The van der Waals surface area contributed by atoms with Crippen molar-refractivity contribution in [3.8, 4) is 11.5 Å². The van der Waals surface area contributed by atoms with Crippen molar-refractivity contribution in [3.63, 3.8) is 0 Å². The molecule has 0 atom stereocenters. The largest absolute Gasteiger partial charge is 0.309 e. The van der Waals surface area contributed by atoms with Crippen LogP contribution in [0, 0.1) is 0 Å². The number of benzene rings is 1. The number of hydrogen-bond acceptors (Lipinski definition) is 6. The first-order valence-electron chi connectivity index (χ1n) is 7.24. The van der Waals surface area contributed by atoms with E-state index in [-0.39, 0.29) is 5.56 Å². The van der Waals surface area contributed by atoms with Gasteiger partial charge in [0.2, 0.25) is 5.16 Å². The molecule has 0 aliphatic rings. The molecule has 0 aliphatic carbocycles. The van der Waals surface area contributed by atoms with Crippen LogP contribution in [0.25, 0.3) is 22.4 Å². The lowest BCUT2D eigenvalue weighted by atomic mass is 10.2. The number of rotatable bonds is 4. The Balaban J connectivity index is 1.53.